The van der Waals surface area contributed by atoms with E-state index in [4.69, 9.17) is 4.74 Å². The molecule has 7 nitrogen and oxygen atoms in total. The number of carbonyl (C=O) groups excluding carboxylic acids is 2. The second kappa shape index (κ2) is 9.27. The van der Waals surface area contributed by atoms with Crippen LogP contribution in [-0.2, 0) is 4.74 Å². The van der Waals surface area contributed by atoms with Crippen molar-refractivity contribution in [2.75, 3.05) is 19.0 Å². The molecular formula is C22H20N4O3. The highest BCUT2D eigenvalue weighted by Crippen LogP contribution is 2.21. The highest BCUT2D eigenvalue weighted by Gasteiger charge is 2.13. The van der Waals surface area contributed by atoms with Crippen LogP contribution in [0.15, 0.2) is 73.3 Å². The van der Waals surface area contributed by atoms with E-state index in [0.717, 1.165) is 5.56 Å². The smallest absolute Gasteiger partial charge is 0.337 e. The summed E-state index contributed by atoms with van der Waals surface area (Å²) in [6.45, 7) is 3.93. The van der Waals surface area contributed by atoms with Crippen LogP contribution in [-0.4, -0.2) is 35.5 Å². The Morgan fingerprint density at radius 2 is 1.79 bits per heavy atom. The van der Waals surface area contributed by atoms with Crippen molar-refractivity contribution in [3.8, 4) is 11.4 Å². The van der Waals surface area contributed by atoms with E-state index in [9.17, 15) is 9.59 Å². The van der Waals surface area contributed by atoms with Crippen LogP contribution in [0.1, 0.15) is 20.8 Å². The van der Waals surface area contributed by atoms with Crippen LogP contribution >= 0.6 is 0 Å². The maximum atomic E-state index is 12.4. The van der Waals surface area contributed by atoms with E-state index in [1.165, 1.54) is 7.11 Å². The summed E-state index contributed by atoms with van der Waals surface area (Å²) in [5.74, 6) is 0.138. The van der Waals surface area contributed by atoms with Gasteiger partial charge in [-0.1, -0.05) is 36.4 Å². The van der Waals surface area contributed by atoms with Crippen LogP contribution in [0.2, 0.25) is 0 Å². The van der Waals surface area contributed by atoms with Gasteiger partial charge in [0.15, 0.2) is 5.82 Å². The van der Waals surface area contributed by atoms with Crippen LogP contribution in [0.3, 0.4) is 0 Å². The zero-order valence-electron chi connectivity index (χ0n) is 15.9. The number of nitrogens with zero attached hydrogens (tertiary/aromatic N) is 2. The molecule has 0 atom stereocenters. The number of rotatable bonds is 7. The molecule has 1 amide bonds. The summed E-state index contributed by atoms with van der Waals surface area (Å²) >= 11 is 0. The minimum atomic E-state index is -0.411. The molecule has 7 heteroatoms. The lowest BCUT2D eigenvalue weighted by Gasteiger charge is -2.11. The van der Waals surface area contributed by atoms with E-state index in [0.29, 0.717) is 29.4 Å². The first-order valence-corrected chi connectivity index (χ1v) is 8.89. The molecule has 3 rings (SSSR count). The van der Waals surface area contributed by atoms with E-state index in [1.54, 1.807) is 36.4 Å². The molecule has 2 N–H and O–H groups in total. The number of carbonyl (C=O) groups is 2. The van der Waals surface area contributed by atoms with Gasteiger partial charge in [0.1, 0.15) is 11.5 Å². The number of benzene rings is 2. The number of amides is 1. The summed E-state index contributed by atoms with van der Waals surface area (Å²) in [6, 6.07) is 17.7. The maximum Gasteiger partial charge on any atom is 0.337 e. The molecule has 2 aromatic carbocycles. The Kier molecular flexibility index (Phi) is 6.32. The topological polar surface area (TPSA) is 93.2 Å². The van der Waals surface area contributed by atoms with E-state index in [-0.39, 0.29) is 11.6 Å². The normalized spacial score (nSPS) is 10.1. The molecule has 0 spiro atoms. The molecule has 0 saturated heterocycles. The monoisotopic (exact) mass is 388 g/mol. The summed E-state index contributed by atoms with van der Waals surface area (Å²) in [6.07, 6.45) is 1.60. The number of aromatic nitrogens is 2. The van der Waals surface area contributed by atoms with Gasteiger partial charge in [0.25, 0.3) is 5.91 Å². The van der Waals surface area contributed by atoms with E-state index >= 15 is 0 Å². The number of anilines is 2. The Morgan fingerprint density at radius 3 is 2.45 bits per heavy atom. The molecule has 0 fully saturated rings. The number of hydrogen-bond acceptors (Lipinski definition) is 6. The summed E-state index contributed by atoms with van der Waals surface area (Å²) in [7, 11) is 1.33. The third-order valence-corrected chi connectivity index (χ3v) is 3.98. The Balaban J connectivity index is 1.93. The van der Waals surface area contributed by atoms with Crippen molar-refractivity contribution >= 4 is 23.4 Å². The first-order chi connectivity index (χ1) is 14.1. The van der Waals surface area contributed by atoms with Crippen LogP contribution in [0.4, 0.5) is 11.5 Å². The molecule has 0 aliphatic rings. The lowest BCUT2D eigenvalue weighted by Crippen LogP contribution is -2.24. The minimum absolute atomic E-state index is 0.231. The van der Waals surface area contributed by atoms with E-state index < -0.39 is 5.97 Å². The molecule has 3 aromatic rings. The summed E-state index contributed by atoms with van der Waals surface area (Å²) in [5.41, 5.74) is 2.16. The number of ether oxygens (including phenoxy) is 1. The molecular weight excluding hydrogens is 368 g/mol. The van der Waals surface area contributed by atoms with Gasteiger partial charge in [0, 0.05) is 23.9 Å². The van der Waals surface area contributed by atoms with Crippen molar-refractivity contribution in [3.05, 3.63) is 84.6 Å². The second-order valence-electron chi connectivity index (χ2n) is 6.02. The number of nitrogens with one attached hydrogen (secondary N) is 2. The van der Waals surface area contributed by atoms with Gasteiger partial charge in [-0.15, -0.1) is 6.58 Å². The van der Waals surface area contributed by atoms with Crippen molar-refractivity contribution in [1.29, 1.82) is 0 Å². The predicted molar refractivity (Wildman–Crippen MR) is 111 cm³/mol. The Bertz CT molecular complexity index is 1020. The van der Waals surface area contributed by atoms with Gasteiger partial charge >= 0.3 is 5.97 Å². The first kappa shape index (κ1) is 19.8. The van der Waals surface area contributed by atoms with Crippen LogP contribution in [0.5, 0.6) is 0 Å². The molecule has 0 saturated carbocycles. The zero-order valence-corrected chi connectivity index (χ0v) is 15.9. The number of hydrogen-bond donors (Lipinski definition) is 2. The van der Waals surface area contributed by atoms with Gasteiger partial charge in [-0.25, -0.2) is 14.8 Å². The van der Waals surface area contributed by atoms with Gasteiger partial charge in [0.2, 0.25) is 0 Å². The zero-order chi connectivity index (χ0) is 20.6. The fourth-order valence-corrected chi connectivity index (χ4v) is 2.55. The molecule has 0 unspecified atom stereocenters. The van der Waals surface area contributed by atoms with Crippen molar-refractivity contribution < 1.29 is 14.3 Å². The predicted octanol–water partition coefficient (Wildman–Crippen LogP) is 3.59. The molecule has 1 aromatic heterocycles. The van der Waals surface area contributed by atoms with Crippen molar-refractivity contribution in [1.82, 2.24) is 15.3 Å². The third-order valence-electron chi connectivity index (χ3n) is 3.98. The highest BCUT2D eigenvalue weighted by atomic mass is 16.5. The quantitative estimate of drug-likeness (QED) is 0.475. The third kappa shape index (κ3) is 5.04. The fraction of sp³-hybridized carbons (Fsp3) is 0.0909. The largest absolute Gasteiger partial charge is 0.465 e. The first-order valence-electron chi connectivity index (χ1n) is 8.89. The van der Waals surface area contributed by atoms with Crippen LogP contribution in [0.25, 0.3) is 11.4 Å². The molecule has 29 heavy (non-hydrogen) atoms. The average Bonchev–Trinajstić information content (AvgIpc) is 2.77. The molecule has 0 aliphatic heterocycles. The molecule has 0 bridgehead atoms. The fourth-order valence-electron chi connectivity index (χ4n) is 2.55. The summed E-state index contributed by atoms with van der Waals surface area (Å²) in [5, 5.41) is 5.86. The summed E-state index contributed by atoms with van der Waals surface area (Å²) in [4.78, 5) is 32.9. The van der Waals surface area contributed by atoms with E-state index in [1.807, 2.05) is 30.3 Å². The Morgan fingerprint density at radius 1 is 1.07 bits per heavy atom. The highest BCUT2D eigenvalue weighted by molar-refractivity contribution is 5.94. The average molecular weight is 388 g/mol. The van der Waals surface area contributed by atoms with Gasteiger partial charge in [-0.2, -0.15) is 0 Å². The Hall–Kier alpha value is -4.00. The van der Waals surface area contributed by atoms with Gasteiger partial charge in [-0.05, 0) is 24.3 Å². The summed E-state index contributed by atoms with van der Waals surface area (Å²) < 4.78 is 4.70. The maximum absolute atomic E-state index is 12.4. The van der Waals surface area contributed by atoms with Gasteiger partial charge < -0.3 is 15.4 Å². The molecule has 146 valence electrons. The van der Waals surface area contributed by atoms with E-state index in [2.05, 4.69) is 27.2 Å². The van der Waals surface area contributed by atoms with Crippen molar-refractivity contribution in [2.24, 2.45) is 0 Å². The van der Waals surface area contributed by atoms with Crippen molar-refractivity contribution in [2.45, 2.75) is 0 Å². The van der Waals surface area contributed by atoms with Crippen LogP contribution < -0.4 is 10.6 Å². The second-order valence-corrected chi connectivity index (χ2v) is 6.02. The number of esters is 1. The standard InChI is InChI=1S/C22H20N4O3/c1-3-13-23-21(27)18-14-19(26-20(25-18)15-7-5-4-6-8-15)24-17-11-9-16(10-12-17)22(28)29-2/h3-12,14H,1,13H2,2H3,(H,23,27)(H,24,25,26). The molecule has 1 heterocycles. The van der Waals surface area contributed by atoms with Crippen molar-refractivity contribution in [3.63, 3.8) is 0 Å². The molecule has 0 aliphatic carbocycles. The van der Waals surface area contributed by atoms with Gasteiger partial charge in [-0.3, -0.25) is 4.79 Å². The molecule has 0 radical (unpaired) electrons. The lowest BCUT2D eigenvalue weighted by atomic mass is 10.2. The number of methoxy groups -OCH3 is 1. The lowest BCUT2D eigenvalue weighted by molar-refractivity contribution is 0.0600. The Labute approximate surface area is 168 Å². The van der Waals surface area contributed by atoms with Crippen LogP contribution in [0, 0.1) is 0 Å². The van der Waals surface area contributed by atoms with Gasteiger partial charge in [0.05, 0.1) is 12.7 Å². The SMILES string of the molecule is C=CCNC(=O)c1cc(Nc2ccc(C(=O)OC)cc2)nc(-c2ccccc2)n1. The minimum Gasteiger partial charge on any atom is -0.465 e.